The minimum Gasteiger partial charge on any atom is -0.480 e. The summed E-state index contributed by atoms with van der Waals surface area (Å²) in [4.78, 5) is 10.6. The van der Waals surface area contributed by atoms with Gasteiger partial charge in [0.2, 0.25) is 0 Å². The van der Waals surface area contributed by atoms with Crippen molar-refractivity contribution in [2.75, 3.05) is 5.73 Å². The molecule has 0 saturated carbocycles. The van der Waals surface area contributed by atoms with E-state index < -0.39 is 12.0 Å². The Balaban J connectivity index is 2.65. The highest BCUT2D eigenvalue weighted by atomic mass is 16.4. The van der Waals surface area contributed by atoms with Gasteiger partial charge in [-0.25, -0.2) is 0 Å². The molecule has 0 aliphatic carbocycles. The van der Waals surface area contributed by atoms with Crippen molar-refractivity contribution in [3.05, 3.63) is 29.3 Å². The Labute approximate surface area is 89.1 Å². The summed E-state index contributed by atoms with van der Waals surface area (Å²) in [6, 6.07) is 5.15. The highest BCUT2D eigenvalue weighted by molar-refractivity contribution is 5.72. The topological polar surface area (TPSA) is 75.3 Å². The molecule has 0 heterocycles. The average Bonchev–Trinajstić information content (AvgIpc) is 2.18. The van der Waals surface area contributed by atoms with Crippen LogP contribution in [-0.4, -0.2) is 17.1 Å². The molecule has 82 valence electrons. The minimum absolute atomic E-state index is 0.473. The van der Waals surface area contributed by atoms with Gasteiger partial charge in [0.1, 0.15) is 6.04 Å². The Kier molecular flexibility index (Phi) is 3.68. The van der Waals surface area contributed by atoms with Crippen molar-refractivity contribution in [3.63, 3.8) is 0 Å². The molecule has 1 rings (SSSR count). The maximum Gasteiger partial charge on any atom is 0.320 e. The first-order chi connectivity index (χ1) is 7.00. The van der Waals surface area contributed by atoms with Gasteiger partial charge in [-0.3, -0.25) is 4.79 Å². The molecule has 15 heavy (non-hydrogen) atoms. The quantitative estimate of drug-likeness (QED) is 0.648. The molecule has 1 aromatic carbocycles. The predicted molar refractivity (Wildman–Crippen MR) is 59.5 cm³/mol. The first-order valence-corrected chi connectivity index (χ1v) is 4.82. The number of benzene rings is 1. The second-order valence-corrected chi connectivity index (χ2v) is 3.64. The van der Waals surface area contributed by atoms with Gasteiger partial charge < -0.3 is 16.2 Å². The van der Waals surface area contributed by atoms with E-state index in [1.165, 1.54) is 0 Å². The molecule has 0 saturated heterocycles. The molecule has 0 aromatic heterocycles. The number of nitrogens with two attached hydrogens (primary N) is 1. The Bertz CT molecular complexity index is 364. The van der Waals surface area contributed by atoms with Crippen LogP contribution in [0.1, 0.15) is 18.1 Å². The number of carboxylic acids is 1. The largest absolute Gasteiger partial charge is 0.480 e. The van der Waals surface area contributed by atoms with Gasteiger partial charge in [-0.1, -0.05) is 17.7 Å². The number of hydrogen-bond acceptors (Lipinski definition) is 3. The standard InChI is InChI=1S/C11H16N2O2/c1-7-3-4-10(12)9(5-7)6-13-8(2)11(14)15/h3-5,8,13H,6,12H2,1-2H3,(H,14,15)/t8-/m0/s1. The van der Waals surface area contributed by atoms with E-state index in [2.05, 4.69) is 5.32 Å². The zero-order chi connectivity index (χ0) is 11.4. The first-order valence-electron chi connectivity index (χ1n) is 4.82. The molecule has 4 nitrogen and oxygen atoms in total. The highest BCUT2D eigenvalue weighted by Gasteiger charge is 2.10. The summed E-state index contributed by atoms with van der Waals surface area (Å²) in [7, 11) is 0. The molecule has 4 heteroatoms. The molecule has 0 radical (unpaired) electrons. The van der Waals surface area contributed by atoms with Crippen molar-refractivity contribution in [1.82, 2.24) is 5.32 Å². The zero-order valence-corrected chi connectivity index (χ0v) is 8.95. The van der Waals surface area contributed by atoms with E-state index in [1.54, 1.807) is 6.92 Å². The van der Waals surface area contributed by atoms with Crippen LogP contribution in [0, 0.1) is 6.92 Å². The molecule has 1 aromatic rings. The van der Waals surface area contributed by atoms with Crippen LogP contribution >= 0.6 is 0 Å². The van der Waals surface area contributed by atoms with Crippen molar-refractivity contribution in [1.29, 1.82) is 0 Å². The zero-order valence-electron chi connectivity index (χ0n) is 8.95. The van der Waals surface area contributed by atoms with E-state index in [0.29, 0.717) is 12.2 Å². The molecule has 4 N–H and O–H groups in total. The molecule has 0 aliphatic heterocycles. The SMILES string of the molecule is Cc1ccc(N)c(CN[C@@H](C)C(=O)O)c1. The number of aryl methyl sites for hydroxylation is 1. The number of carboxylic acid groups (broad SMARTS) is 1. The van der Waals surface area contributed by atoms with Gasteiger partial charge >= 0.3 is 5.97 Å². The van der Waals surface area contributed by atoms with Crippen LogP contribution in [0.4, 0.5) is 5.69 Å². The maximum atomic E-state index is 10.6. The van der Waals surface area contributed by atoms with Crippen molar-refractivity contribution < 1.29 is 9.90 Å². The van der Waals surface area contributed by atoms with Crippen LogP contribution in [0.25, 0.3) is 0 Å². The Hall–Kier alpha value is -1.55. The molecule has 0 bridgehead atoms. The number of aliphatic carboxylic acids is 1. The number of rotatable bonds is 4. The van der Waals surface area contributed by atoms with Crippen LogP contribution in [0.15, 0.2) is 18.2 Å². The number of hydrogen-bond donors (Lipinski definition) is 3. The van der Waals surface area contributed by atoms with Crippen molar-refractivity contribution in [2.24, 2.45) is 0 Å². The third kappa shape index (κ3) is 3.25. The van der Waals surface area contributed by atoms with Crippen LogP contribution in [0.5, 0.6) is 0 Å². The van der Waals surface area contributed by atoms with Crippen molar-refractivity contribution in [2.45, 2.75) is 26.4 Å². The first kappa shape index (κ1) is 11.5. The summed E-state index contributed by atoms with van der Waals surface area (Å²) < 4.78 is 0. The molecule has 0 spiro atoms. The number of anilines is 1. The smallest absolute Gasteiger partial charge is 0.320 e. The van der Waals surface area contributed by atoms with Crippen LogP contribution in [0.2, 0.25) is 0 Å². The Morgan fingerprint density at radius 3 is 2.87 bits per heavy atom. The molecule has 0 unspecified atom stereocenters. The Morgan fingerprint density at radius 2 is 2.27 bits per heavy atom. The summed E-state index contributed by atoms with van der Waals surface area (Å²) >= 11 is 0. The summed E-state index contributed by atoms with van der Waals surface area (Å²) in [5.74, 6) is -0.860. The lowest BCUT2D eigenvalue weighted by molar-refractivity contribution is -0.139. The normalized spacial score (nSPS) is 12.4. The van der Waals surface area contributed by atoms with E-state index in [0.717, 1.165) is 11.1 Å². The van der Waals surface area contributed by atoms with E-state index in [1.807, 2.05) is 25.1 Å². The van der Waals surface area contributed by atoms with Gasteiger partial charge in [0.05, 0.1) is 0 Å². The van der Waals surface area contributed by atoms with Crippen LogP contribution in [-0.2, 0) is 11.3 Å². The fraction of sp³-hybridized carbons (Fsp3) is 0.364. The maximum absolute atomic E-state index is 10.6. The van der Waals surface area contributed by atoms with Gasteiger partial charge in [-0.2, -0.15) is 0 Å². The third-order valence-electron chi connectivity index (χ3n) is 2.27. The molecular weight excluding hydrogens is 192 g/mol. The number of nitrogen functional groups attached to an aromatic ring is 1. The summed E-state index contributed by atoms with van der Waals surface area (Å²) in [5, 5.41) is 11.6. The lowest BCUT2D eigenvalue weighted by atomic mass is 10.1. The minimum atomic E-state index is -0.860. The van der Waals surface area contributed by atoms with Gasteiger partial charge in [-0.15, -0.1) is 0 Å². The molecule has 0 amide bonds. The van der Waals surface area contributed by atoms with Crippen LogP contribution in [0.3, 0.4) is 0 Å². The van der Waals surface area contributed by atoms with E-state index in [9.17, 15) is 4.79 Å². The van der Waals surface area contributed by atoms with Gasteiger partial charge in [0, 0.05) is 12.2 Å². The molecule has 0 aliphatic rings. The van der Waals surface area contributed by atoms with Gasteiger partial charge in [-0.05, 0) is 25.5 Å². The molecule has 0 fully saturated rings. The van der Waals surface area contributed by atoms with Crippen molar-refractivity contribution >= 4 is 11.7 Å². The van der Waals surface area contributed by atoms with Gasteiger partial charge in [0.15, 0.2) is 0 Å². The Morgan fingerprint density at radius 1 is 1.60 bits per heavy atom. The second-order valence-electron chi connectivity index (χ2n) is 3.64. The van der Waals surface area contributed by atoms with Crippen molar-refractivity contribution in [3.8, 4) is 0 Å². The number of carbonyl (C=O) groups is 1. The molecular formula is C11H16N2O2. The summed E-state index contributed by atoms with van der Waals surface area (Å²) in [6.45, 7) is 4.05. The monoisotopic (exact) mass is 208 g/mol. The third-order valence-corrected chi connectivity index (χ3v) is 2.27. The lowest BCUT2D eigenvalue weighted by Gasteiger charge is -2.11. The molecule has 1 atom stereocenters. The fourth-order valence-corrected chi connectivity index (χ4v) is 1.24. The summed E-state index contributed by atoms with van der Waals surface area (Å²) in [6.07, 6.45) is 0. The van der Waals surface area contributed by atoms with Crippen LogP contribution < -0.4 is 11.1 Å². The van der Waals surface area contributed by atoms with E-state index >= 15 is 0 Å². The van der Waals surface area contributed by atoms with E-state index in [4.69, 9.17) is 10.8 Å². The second kappa shape index (κ2) is 4.79. The fourth-order valence-electron chi connectivity index (χ4n) is 1.24. The van der Waals surface area contributed by atoms with Gasteiger partial charge in [0.25, 0.3) is 0 Å². The average molecular weight is 208 g/mol. The highest BCUT2D eigenvalue weighted by Crippen LogP contribution is 2.13. The van der Waals surface area contributed by atoms with E-state index in [-0.39, 0.29) is 0 Å². The number of nitrogens with one attached hydrogen (secondary N) is 1. The summed E-state index contributed by atoms with van der Waals surface area (Å²) in [5.41, 5.74) is 8.50. The predicted octanol–water partition coefficient (Wildman–Crippen LogP) is 1.14. The lowest BCUT2D eigenvalue weighted by Crippen LogP contribution is -2.33.